The molecule has 3 rings (SSSR count). The number of anilines is 1. The minimum atomic E-state index is -0.629. The lowest BCUT2D eigenvalue weighted by molar-refractivity contribution is 0.0706. The number of nitrogens with one attached hydrogen (secondary N) is 2. The highest BCUT2D eigenvalue weighted by Crippen LogP contribution is 2.12. The van der Waals surface area contributed by atoms with Crippen LogP contribution in [-0.4, -0.2) is 32.0 Å². The first-order valence-electron chi connectivity index (χ1n) is 7.78. The number of carbonyl (C=O) groups is 2. The summed E-state index contributed by atoms with van der Waals surface area (Å²) in [5.41, 5.74) is 8.69. The van der Waals surface area contributed by atoms with Crippen LogP contribution in [0.25, 0.3) is 5.69 Å². The molecule has 0 unspecified atom stereocenters. The highest BCUT2D eigenvalue weighted by molar-refractivity contribution is 5.96. The van der Waals surface area contributed by atoms with E-state index in [4.69, 9.17) is 10.9 Å². The molecular formula is C17H15FN6O3. The van der Waals surface area contributed by atoms with E-state index in [2.05, 4.69) is 15.5 Å². The summed E-state index contributed by atoms with van der Waals surface area (Å²) in [6.45, 7) is 0.169. The molecule has 1 aromatic heterocycles. The Morgan fingerprint density at radius 3 is 2.33 bits per heavy atom. The number of halogens is 1. The Labute approximate surface area is 152 Å². The largest absolute Gasteiger partial charge is 0.380 e. The molecule has 2 aromatic carbocycles. The van der Waals surface area contributed by atoms with Gasteiger partial charge in [-0.15, -0.1) is 15.0 Å². The number of nitrogens with zero attached hydrogens (tertiary/aromatic N) is 3. The number of rotatable bonds is 5. The molecule has 0 atom stereocenters. The number of nitrogen functional groups attached to an aromatic ring is 1. The summed E-state index contributed by atoms with van der Waals surface area (Å²) in [6.07, 6.45) is 0. The number of hydrogen-bond acceptors (Lipinski definition) is 6. The minimum Gasteiger partial charge on any atom is -0.380 e. The van der Waals surface area contributed by atoms with Crippen LogP contribution in [0, 0.1) is 5.82 Å². The third kappa shape index (κ3) is 4.07. The van der Waals surface area contributed by atoms with Crippen LogP contribution in [0.1, 0.15) is 26.4 Å². The van der Waals surface area contributed by atoms with E-state index in [0.717, 1.165) is 10.4 Å². The predicted octanol–water partition coefficient (Wildman–Crippen LogP) is 1.04. The second-order valence-corrected chi connectivity index (χ2v) is 5.52. The lowest BCUT2D eigenvalue weighted by Crippen LogP contribution is -2.24. The lowest BCUT2D eigenvalue weighted by atomic mass is 10.1. The standard InChI is InChI=1S/C17H15FN6O3/c18-12-5-7-13(8-6-12)24-21-14(15(19)22-24)17(26)20-9-10-1-3-11(4-2-10)16(25)23-27/h1-8,27H,9H2,(H2,19,22)(H,20,26)(H,23,25). The van der Waals surface area contributed by atoms with Crippen LogP contribution < -0.4 is 16.5 Å². The van der Waals surface area contributed by atoms with Crippen molar-refractivity contribution in [1.29, 1.82) is 0 Å². The summed E-state index contributed by atoms with van der Waals surface area (Å²) in [6, 6.07) is 11.7. The van der Waals surface area contributed by atoms with Crippen molar-refractivity contribution < 1.29 is 19.2 Å². The van der Waals surface area contributed by atoms with Gasteiger partial charge in [0.05, 0.1) is 5.69 Å². The summed E-state index contributed by atoms with van der Waals surface area (Å²) in [7, 11) is 0. The Bertz CT molecular complexity index is 969. The second-order valence-electron chi connectivity index (χ2n) is 5.52. The second kappa shape index (κ2) is 7.62. The highest BCUT2D eigenvalue weighted by atomic mass is 19.1. The molecule has 0 saturated carbocycles. The molecule has 27 heavy (non-hydrogen) atoms. The molecular weight excluding hydrogens is 355 g/mol. The molecule has 0 saturated heterocycles. The van der Waals surface area contributed by atoms with Gasteiger partial charge < -0.3 is 11.1 Å². The van der Waals surface area contributed by atoms with Crippen LogP contribution in [0.4, 0.5) is 10.2 Å². The molecule has 5 N–H and O–H groups in total. The van der Waals surface area contributed by atoms with Gasteiger partial charge in [-0.05, 0) is 42.0 Å². The molecule has 0 spiro atoms. The number of aromatic nitrogens is 3. The zero-order chi connectivity index (χ0) is 19.4. The fourth-order valence-electron chi connectivity index (χ4n) is 2.27. The third-order valence-corrected chi connectivity index (χ3v) is 3.68. The number of nitrogens with two attached hydrogens (primary N) is 1. The van der Waals surface area contributed by atoms with Gasteiger partial charge >= 0.3 is 0 Å². The van der Waals surface area contributed by atoms with E-state index in [1.165, 1.54) is 41.9 Å². The van der Waals surface area contributed by atoms with Crippen LogP contribution >= 0.6 is 0 Å². The van der Waals surface area contributed by atoms with Gasteiger partial charge in [-0.2, -0.15) is 0 Å². The Balaban J connectivity index is 1.68. The van der Waals surface area contributed by atoms with Crippen LogP contribution in [0.3, 0.4) is 0 Å². The van der Waals surface area contributed by atoms with E-state index in [-0.39, 0.29) is 23.6 Å². The maximum Gasteiger partial charge on any atom is 0.275 e. The summed E-state index contributed by atoms with van der Waals surface area (Å²) < 4.78 is 13.0. The molecule has 10 heteroatoms. The number of hydrogen-bond donors (Lipinski definition) is 4. The molecule has 2 amide bonds. The van der Waals surface area contributed by atoms with E-state index in [9.17, 15) is 14.0 Å². The minimum absolute atomic E-state index is 0.0596. The number of amides is 2. The zero-order valence-electron chi connectivity index (χ0n) is 13.9. The molecule has 0 fully saturated rings. The Morgan fingerprint density at radius 1 is 1.04 bits per heavy atom. The SMILES string of the molecule is Nc1nn(-c2ccc(F)cc2)nc1C(=O)NCc1ccc(C(=O)NO)cc1. The number of carbonyl (C=O) groups excluding carboxylic acids is 2. The molecule has 0 aliphatic rings. The maximum absolute atomic E-state index is 13.0. The van der Waals surface area contributed by atoms with Crippen LogP contribution in [0.15, 0.2) is 48.5 Å². The lowest BCUT2D eigenvalue weighted by Gasteiger charge is -2.05. The van der Waals surface area contributed by atoms with Gasteiger partial charge in [0, 0.05) is 12.1 Å². The molecule has 9 nitrogen and oxygen atoms in total. The quantitative estimate of drug-likeness (QED) is 0.391. The Morgan fingerprint density at radius 2 is 1.70 bits per heavy atom. The molecule has 0 bridgehead atoms. The molecule has 0 radical (unpaired) electrons. The fourth-order valence-corrected chi connectivity index (χ4v) is 2.27. The van der Waals surface area contributed by atoms with Gasteiger partial charge in [0.2, 0.25) is 0 Å². The van der Waals surface area contributed by atoms with Crippen LogP contribution in [0.2, 0.25) is 0 Å². The van der Waals surface area contributed by atoms with E-state index in [0.29, 0.717) is 5.69 Å². The van der Waals surface area contributed by atoms with Gasteiger partial charge in [-0.1, -0.05) is 12.1 Å². The first-order chi connectivity index (χ1) is 13.0. The van der Waals surface area contributed by atoms with Crippen LogP contribution in [0.5, 0.6) is 0 Å². The summed E-state index contributed by atoms with van der Waals surface area (Å²) in [4.78, 5) is 24.7. The van der Waals surface area contributed by atoms with Gasteiger partial charge in [0.25, 0.3) is 11.8 Å². The molecule has 138 valence electrons. The van der Waals surface area contributed by atoms with Gasteiger partial charge in [0.15, 0.2) is 11.5 Å². The normalized spacial score (nSPS) is 10.4. The smallest absolute Gasteiger partial charge is 0.275 e. The van der Waals surface area contributed by atoms with Crippen molar-refractivity contribution in [2.24, 2.45) is 0 Å². The summed E-state index contributed by atoms with van der Waals surface area (Å²) in [5, 5.41) is 19.2. The van der Waals surface area contributed by atoms with Crippen molar-refractivity contribution in [2.45, 2.75) is 6.54 Å². The van der Waals surface area contributed by atoms with Crippen molar-refractivity contribution in [2.75, 3.05) is 5.73 Å². The van der Waals surface area contributed by atoms with Gasteiger partial charge in [-0.3, -0.25) is 14.8 Å². The number of benzene rings is 2. The first-order valence-corrected chi connectivity index (χ1v) is 7.78. The van der Waals surface area contributed by atoms with E-state index in [1.807, 2.05) is 0 Å². The molecule has 1 heterocycles. The average Bonchev–Trinajstić information content (AvgIpc) is 3.08. The van der Waals surface area contributed by atoms with Crippen molar-refractivity contribution in [3.8, 4) is 5.69 Å². The van der Waals surface area contributed by atoms with Crippen molar-refractivity contribution >= 4 is 17.6 Å². The molecule has 0 aliphatic carbocycles. The average molecular weight is 370 g/mol. The highest BCUT2D eigenvalue weighted by Gasteiger charge is 2.17. The first kappa shape index (κ1) is 18.0. The Hall–Kier alpha value is -3.79. The Kier molecular flexibility index (Phi) is 5.08. The molecule has 0 aliphatic heterocycles. The van der Waals surface area contributed by atoms with Crippen LogP contribution in [-0.2, 0) is 6.54 Å². The van der Waals surface area contributed by atoms with E-state index < -0.39 is 17.6 Å². The predicted molar refractivity (Wildman–Crippen MR) is 92.6 cm³/mol. The molecule has 3 aromatic rings. The monoisotopic (exact) mass is 370 g/mol. The van der Waals surface area contributed by atoms with E-state index in [1.54, 1.807) is 12.1 Å². The zero-order valence-corrected chi connectivity index (χ0v) is 13.9. The number of hydroxylamine groups is 1. The fraction of sp³-hybridized carbons (Fsp3) is 0.0588. The topological polar surface area (TPSA) is 135 Å². The van der Waals surface area contributed by atoms with Gasteiger partial charge in [0.1, 0.15) is 5.82 Å². The summed E-state index contributed by atoms with van der Waals surface area (Å²) >= 11 is 0. The summed E-state index contributed by atoms with van der Waals surface area (Å²) in [5.74, 6) is -1.63. The van der Waals surface area contributed by atoms with Crippen molar-refractivity contribution in [3.05, 3.63) is 71.2 Å². The van der Waals surface area contributed by atoms with Crippen molar-refractivity contribution in [1.82, 2.24) is 25.8 Å². The van der Waals surface area contributed by atoms with Crippen molar-refractivity contribution in [3.63, 3.8) is 0 Å². The van der Waals surface area contributed by atoms with E-state index >= 15 is 0 Å². The maximum atomic E-state index is 13.0. The third-order valence-electron chi connectivity index (χ3n) is 3.68. The van der Waals surface area contributed by atoms with Gasteiger partial charge in [-0.25, -0.2) is 9.87 Å².